The third kappa shape index (κ3) is 2.95. The molecule has 0 saturated carbocycles. The van der Waals surface area contributed by atoms with Crippen LogP contribution in [0.15, 0.2) is 17.4 Å². The second-order valence-electron chi connectivity index (χ2n) is 4.71. The van der Waals surface area contributed by atoms with Crippen LogP contribution in [0.1, 0.15) is 31.2 Å². The Morgan fingerprint density at radius 1 is 1.40 bits per heavy atom. The fourth-order valence-corrected chi connectivity index (χ4v) is 2.30. The molecule has 0 aromatic carbocycles. The summed E-state index contributed by atoms with van der Waals surface area (Å²) < 4.78 is 0. The van der Waals surface area contributed by atoms with E-state index in [1.807, 2.05) is 4.90 Å². The van der Waals surface area contributed by atoms with E-state index >= 15 is 0 Å². The van der Waals surface area contributed by atoms with Crippen molar-refractivity contribution in [1.29, 1.82) is 0 Å². The number of oxime groups is 1. The van der Waals surface area contributed by atoms with Gasteiger partial charge in [-0.25, -0.2) is 4.98 Å². The van der Waals surface area contributed by atoms with E-state index in [-0.39, 0.29) is 17.1 Å². The topological polar surface area (TPSA) is 118 Å². The van der Waals surface area contributed by atoms with Crippen molar-refractivity contribution in [2.75, 3.05) is 18.0 Å². The molecule has 0 aliphatic carbocycles. The minimum atomic E-state index is -0.485. The van der Waals surface area contributed by atoms with Crippen molar-refractivity contribution in [3.8, 4) is 0 Å². The molecule has 0 amide bonds. The molecule has 3 N–H and O–H groups in total. The van der Waals surface area contributed by atoms with E-state index in [2.05, 4.69) is 10.1 Å². The molecule has 8 nitrogen and oxygen atoms in total. The third-order valence-corrected chi connectivity index (χ3v) is 3.35. The molecule has 0 spiro atoms. The Bertz CT molecular complexity index is 524. The van der Waals surface area contributed by atoms with E-state index in [0.29, 0.717) is 5.82 Å². The SMILES string of the molecule is NC(=NO)c1cnc(N2CCCCCC2)c([N+](=O)[O-])c1. The molecule has 0 unspecified atom stereocenters. The number of amidine groups is 1. The molecular formula is C12H17N5O3. The lowest BCUT2D eigenvalue weighted by Crippen LogP contribution is -2.26. The quantitative estimate of drug-likeness (QED) is 0.284. The molecule has 0 bridgehead atoms. The lowest BCUT2D eigenvalue weighted by atomic mass is 10.2. The normalized spacial score (nSPS) is 16.8. The first-order valence-electron chi connectivity index (χ1n) is 6.50. The highest BCUT2D eigenvalue weighted by Crippen LogP contribution is 2.28. The summed E-state index contributed by atoms with van der Waals surface area (Å²) in [6, 6.07) is 1.29. The number of nitrogens with zero attached hydrogens (tertiary/aromatic N) is 4. The van der Waals surface area contributed by atoms with Crippen LogP contribution in [0.2, 0.25) is 0 Å². The lowest BCUT2D eigenvalue weighted by molar-refractivity contribution is -0.384. The Kier molecular flexibility index (Phi) is 4.34. The zero-order valence-corrected chi connectivity index (χ0v) is 11.0. The number of nitrogens with two attached hydrogens (primary N) is 1. The summed E-state index contributed by atoms with van der Waals surface area (Å²) >= 11 is 0. The van der Waals surface area contributed by atoms with Crippen LogP contribution < -0.4 is 10.6 Å². The van der Waals surface area contributed by atoms with Crippen molar-refractivity contribution < 1.29 is 10.1 Å². The Balaban J connectivity index is 2.39. The Hall–Kier alpha value is -2.38. The van der Waals surface area contributed by atoms with Gasteiger partial charge in [0.25, 0.3) is 0 Å². The maximum atomic E-state index is 11.2. The Labute approximate surface area is 116 Å². The fraction of sp³-hybridized carbons (Fsp3) is 0.500. The number of anilines is 1. The molecule has 1 saturated heterocycles. The monoisotopic (exact) mass is 279 g/mol. The molecular weight excluding hydrogens is 262 g/mol. The van der Waals surface area contributed by atoms with E-state index in [0.717, 1.165) is 38.8 Å². The van der Waals surface area contributed by atoms with Gasteiger partial charge in [-0.15, -0.1) is 0 Å². The average molecular weight is 279 g/mol. The van der Waals surface area contributed by atoms with Gasteiger partial charge in [0, 0.05) is 30.9 Å². The maximum absolute atomic E-state index is 11.2. The van der Waals surface area contributed by atoms with Gasteiger partial charge in [-0.2, -0.15) is 0 Å². The van der Waals surface area contributed by atoms with Crippen molar-refractivity contribution in [3.05, 3.63) is 27.9 Å². The van der Waals surface area contributed by atoms with Gasteiger partial charge in [-0.3, -0.25) is 10.1 Å². The molecule has 20 heavy (non-hydrogen) atoms. The summed E-state index contributed by atoms with van der Waals surface area (Å²) in [4.78, 5) is 16.8. The van der Waals surface area contributed by atoms with Gasteiger partial charge in [0.05, 0.1) is 4.92 Å². The minimum absolute atomic E-state index is 0.115. The van der Waals surface area contributed by atoms with E-state index in [9.17, 15) is 10.1 Å². The summed E-state index contributed by atoms with van der Waals surface area (Å²) in [5, 5.41) is 22.7. The van der Waals surface area contributed by atoms with Crippen molar-refractivity contribution >= 4 is 17.3 Å². The molecule has 2 heterocycles. The first-order valence-corrected chi connectivity index (χ1v) is 6.50. The summed E-state index contributed by atoms with van der Waals surface area (Å²) in [5.74, 6) is 0.161. The smallest absolute Gasteiger partial charge is 0.312 e. The highest BCUT2D eigenvalue weighted by molar-refractivity contribution is 5.97. The average Bonchev–Trinajstić information content (AvgIpc) is 2.74. The van der Waals surface area contributed by atoms with Crippen LogP contribution in [0.25, 0.3) is 0 Å². The van der Waals surface area contributed by atoms with Crippen LogP contribution in [0.3, 0.4) is 0 Å². The second-order valence-corrected chi connectivity index (χ2v) is 4.71. The predicted octanol–water partition coefficient (Wildman–Crippen LogP) is 1.46. The molecule has 0 radical (unpaired) electrons. The highest BCUT2D eigenvalue weighted by atomic mass is 16.6. The molecule has 2 rings (SSSR count). The van der Waals surface area contributed by atoms with E-state index < -0.39 is 4.92 Å². The van der Waals surface area contributed by atoms with E-state index in [4.69, 9.17) is 10.9 Å². The summed E-state index contributed by atoms with van der Waals surface area (Å²) in [6.45, 7) is 1.52. The summed E-state index contributed by atoms with van der Waals surface area (Å²) in [6.07, 6.45) is 5.66. The Morgan fingerprint density at radius 3 is 2.60 bits per heavy atom. The van der Waals surface area contributed by atoms with Gasteiger partial charge in [-0.1, -0.05) is 18.0 Å². The van der Waals surface area contributed by atoms with Crippen molar-refractivity contribution in [2.45, 2.75) is 25.7 Å². The van der Waals surface area contributed by atoms with Crippen molar-refractivity contribution in [2.24, 2.45) is 10.9 Å². The van der Waals surface area contributed by atoms with Gasteiger partial charge in [0.1, 0.15) is 0 Å². The molecule has 0 atom stereocenters. The molecule has 1 aromatic rings. The number of pyridine rings is 1. The van der Waals surface area contributed by atoms with E-state index in [1.54, 1.807) is 0 Å². The first-order chi connectivity index (χ1) is 9.63. The Morgan fingerprint density at radius 2 is 2.05 bits per heavy atom. The largest absolute Gasteiger partial charge is 0.409 e. The standard InChI is InChI=1S/C12H17N5O3/c13-11(15-18)9-7-10(17(19)20)12(14-8-9)16-5-3-1-2-4-6-16/h7-8,18H,1-6H2,(H2,13,15). The molecule has 108 valence electrons. The number of nitro groups is 1. The maximum Gasteiger partial charge on any atom is 0.312 e. The number of aromatic nitrogens is 1. The van der Waals surface area contributed by atoms with Gasteiger partial charge >= 0.3 is 5.69 Å². The number of hydrogen-bond acceptors (Lipinski definition) is 6. The molecule has 1 fully saturated rings. The summed E-state index contributed by atoms with van der Waals surface area (Å²) in [5.41, 5.74) is 5.56. The van der Waals surface area contributed by atoms with Crippen molar-refractivity contribution in [1.82, 2.24) is 4.98 Å². The lowest BCUT2D eigenvalue weighted by Gasteiger charge is -2.21. The van der Waals surface area contributed by atoms with Crippen LogP contribution in [0.4, 0.5) is 11.5 Å². The van der Waals surface area contributed by atoms with Gasteiger partial charge in [0.15, 0.2) is 5.84 Å². The van der Waals surface area contributed by atoms with Crippen molar-refractivity contribution in [3.63, 3.8) is 0 Å². The highest BCUT2D eigenvalue weighted by Gasteiger charge is 2.23. The van der Waals surface area contributed by atoms with Crippen LogP contribution in [-0.2, 0) is 0 Å². The molecule has 1 aliphatic rings. The third-order valence-electron chi connectivity index (χ3n) is 3.35. The van der Waals surface area contributed by atoms with Gasteiger partial charge in [-0.05, 0) is 12.8 Å². The van der Waals surface area contributed by atoms with Gasteiger partial charge < -0.3 is 15.8 Å². The zero-order chi connectivity index (χ0) is 14.5. The van der Waals surface area contributed by atoms with Crippen LogP contribution >= 0.6 is 0 Å². The van der Waals surface area contributed by atoms with E-state index in [1.165, 1.54) is 12.3 Å². The number of hydrogen-bond donors (Lipinski definition) is 2. The summed E-state index contributed by atoms with van der Waals surface area (Å²) in [7, 11) is 0. The minimum Gasteiger partial charge on any atom is -0.409 e. The van der Waals surface area contributed by atoms with Gasteiger partial charge in [0.2, 0.25) is 5.82 Å². The molecule has 1 aromatic heterocycles. The fourth-order valence-electron chi connectivity index (χ4n) is 2.30. The predicted molar refractivity (Wildman–Crippen MR) is 74.1 cm³/mol. The molecule has 8 heteroatoms. The number of rotatable bonds is 3. The molecule has 1 aliphatic heterocycles. The van der Waals surface area contributed by atoms with Crippen LogP contribution in [0.5, 0.6) is 0 Å². The van der Waals surface area contributed by atoms with Crippen LogP contribution in [0, 0.1) is 10.1 Å². The zero-order valence-electron chi connectivity index (χ0n) is 11.0. The first kappa shape index (κ1) is 14.0. The second kappa shape index (κ2) is 6.18. The van der Waals surface area contributed by atoms with Crippen LogP contribution in [-0.4, -0.2) is 34.0 Å².